The van der Waals surface area contributed by atoms with E-state index in [1.165, 1.54) is 23.3 Å². The molecule has 1 aromatic carbocycles. The fourth-order valence-corrected chi connectivity index (χ4v) is 5.13. The molecular weight excluding hydrogens is 366 g/mol. The lowest BCUT2D eigenvalue weighted by Gasteiger charge is -2.12. The first kappa shape index (κ1) is 18.7. The quantitative estimate of drug-likeness (QED) is 0.433. The Labute approximate surface area is 161 Å². The number of carbonyl (C=O) groups excluding carboxylic acids is 2. The van der Waals surface area contributed by atoms with E-state index in [0.717, 1.165) is 41.9 Å². The van der Waals surface area contributed by atoms with E-state index in [1.54, 1.807) is 17.8 Å². The average molecular weight is 388 g/mol. The van der Waals surface area contributed by atoms with Crippen LogP contribution in [-0.4, -0.2) is 24.7 Å². The predicted molar refractivity (Wildman–Crippen MR) is 108 cm³/mol. The van der Waals surface area contributed by atoms with E-state index < -0.39 is 0 Å². The van der Waals surface area contributed by atoms with E-state index in [2.05, 4.69) is 11.9 Å². The average Bonchev–Trinajstić information content (AvgIpc) is 3.03. The summed E-state index contributed by atoms with van der Waals surface area (Å²) in [5.74, 6) is 0.139. The third-order valence-electron chi connectivity index (χ3n) is 4.28. The van der Waals surface area contributed by atoms with Crippen LogP contribution in [0.3, 0.4) is 0 Å². The van der Waals surface area contributed by atoms with Gasteiger partial charge in [0.2, 0.25) is 0 Å². The molecule has 0 fully saturated rings. The van der Waals surface area contributed by atoms with Crippen molar-refractivity contribution in [3.05, 3.63) is 58.5 Å². The number of thioether (sulfide) groups is 1. The molecule has 136 valence electrons. The summed E-state index contributed by atoms with van der Waals surface area (Å²) < 4.78 is 4.97. The molecule has 0 saturated heterocycles. The van der Waals surface area contributed by atoms with E-state index in [-0.39, 0.29) is 11.9 Å². The van der Waals surface area contributed by atoms with Crippen molar-refractivity contribution >= 4 is 40.0 Å². The zero-order valence-corrected chi connectivity index (χ0v) is 16.3. The van der Waals surface area contributed by atoms with Gasteiger partial charge in [0.25, 0.3) is 5.91 Å². The number of hydrogen-bond acceptors (Lipinski definition) is 5. The molecule has 1 aliphatic carbocycles. The van der Waals surface area contributed by atoms with Gasteiger partial charge < -0.3 is 10.1 Å². The fraction of sp³-hybridized carbons (Fsp3) is 0.300. The molecule has 3 rings (SSSR count). The summed E-state index contributed by atoms with van der Waals surface area (Å²) in [5.41, 5.74) is 2.16. The third-order valence-corrected chi connectivity index (χ3v) is 6.55. The monoisotopic (exact) mass is 387 g/mol. The first-order chi connectivity index (χ1) is 12.7. The smallest absolute Gasteiger partial charge is 0.341 e. The van der Waals surface area contributed by atoms with Crippen LogP contribution in [0.5, 0.6) is 0 Å². The van der Waals surface area contributed by atoms with Crippen LogP contribution >= 0.6 is 23.1 Å². The van der Waals surface area contributed by atoms with Crippen molar-refractivity contribution in [2.75, 3.05) is 18.2 Å². The van der Waals surface area contributed by atoms with Crippen LogP contribution in [0.4, 0.5) is 5.00 Å². The number of aryl methyl sites for hydroxylation is 1. The molecule has 0 bridgehead atoms. The van der Waals surface area contributed by atoms with Gasteiger partial charge in [-0.05, 0) is 43.4 Å². The van der Waals surface area contributed by atoms with Crippen LogP contribution in [0.15, 0.2) is 41.8 Å². The normalized spacial score (nSPS) is 13.0. The summed E-state index contributed by atoms with van der Waals surface area (Å²) >= 11 is 3.06. The lowest BCUT2D eigenvalue weighted by Crippen LogP contribution is -2.15. The summed E-state index contributed by atoms with van der Waals surface area (Å²) in [7, 11) is 1.38. The van der Waals surface area contributed by atoms with Gasteiger partial charge in [-0.1, -0.05) is 18.2 Å². The van der Waals surface area contributed by atoms with Gasteiger partial charge in [-0.2, -0.15) is 0 Å². The van der Waals surface area contributed by atoms with Crippen LogP contribution in [0.2, 0.25) is 0 Å². The number of amides is 1. The Kier molecular flexibility index (Phi) is 6.16. The highest BCUT2D eigenvalue weighted by atomic mass is 32.2. The molecule has 0 saturated carbocycles. The van der Waals surface area contributed by atoms with Crippen LogP contribution in [-0.2, 0) is 17.6 Å². The Morgan fingerprint density at radius 1 is 1.31 bits per heavy atom. The zero-order chi connectivity index (χ0) is 18.5. The van der Waals surface area contributed by atoms with Gasteiger partial charge >= 0.3 is 5.97 Å². The molecule has 0 unspecified atom stereocenters. The van der Waals surface area contributed by atoms with Crippen molar-refractivity contribution in [3.63, 3.8) is 0 Å². The molecule has 2 aromatic rings. The Morgan fingerprint density at radius 3 is 2.85 bits per heavy atom. The third kappa shape index (κ3) is 3.86. The first-order valence-corrected chi connectivity index (χ1v) is 10.3. The first-order valence-electron chi connectivity index (χ1n) is 8.52. The highest BCUT2D eigenvalue weighted by Crippen LogP contribution is 2.39. The number of carbonyl (C=O) groups is 2. The molecule has 1 aliphatic rings. The second-order valence-corrected chi connectivity index (χ2v) is 8.12. The molecule has 6 heteroatoms. The van der Waals surface area contributed by atoms with Crippen LogP contribution < -0.4 is 5.32 Å². The number of esters is 1. The molecule has 0 spiro atoms. The molecule has 0 aliphatic heterocycles. The Morgan fingerprint density at radius 2 is 2.08 bits per heavy atom. The summed E-state index contributed by atoms with van der Waals surface area (Å²) in [6.45, 7) is 3.72. The Bertz CT molecular complexity index is 842. The molecule has 1 N–H and O–H groups in total. The molecule has 1 aromatic heterocycles. The van der Waals surface area contributed by atoms with E-state index in [4.69, 9.17) is 4.74 Å². The van der Waals surface area contributed by atoms with Gasteiger partial charge in [-0.15, -0.1) is 29.7 Å². The van der Waals surface area contributed by atoms with Gasteiger partial charge in [-0.25, -0.2) is 4.79 Å². The minimum atomic E-state index is -0.381. The van der Waals surface area contributed by atoms with Gasteiger partial charge in [0, 0.05) is 15.5 Å². The van der Waals surface area contributed by atoms with E-state index in [9.17, 15) is 9.59 Å². The van der Waals surface area contributed by atoms with Crippen LogP contribution in [0.25, 0.3) is 0 Å². The minimum Gasteiger partial charge on any atom is -0.465 e. The minimum absolute atomic E-state index is 0.207. The second kappa shape index (κ2) is 8.56. The van der Waals surface area contributed by atoms with Gasteiger partial charge in [0.05, 0.1) is 18.2 Å². The largest absolute Gasteiger partial charge is 0.465 e. The van der Waals surface area contributed by atoms with Crippen LogP contribution in [0, 0.1) is 0 Å². The summed E-state index contributed by atoms with van der Waals surface area (Å²) in [5, 5.41) is 3.55. The number of ether oxygens (including phenoxy) is 1. The van der Waals surface area contributed by atoms with Crippen molar-refractivity contribution in [1.82, 2.24) is 0 Å². The maximum absolute atomic E-state index is 12.9. The highest BCUT2D eigenvalue weighted by Gasteiger charge is 2.27. The van der Waals surface area contributed by atoms with E-state index >= 15 is 0 Å². The van der Waals surface area contributed by atoms with Gasteiger partial charge in [0.1, 0.15) is 5.00 Å². The van der Waals surface area contributed by atoms with E-state index in [1.807, 2.05) is 24.3 Å². The molecule has 1 amide bonds. The molecule has 26 heavy (non-hydrogen) atoms. The van der Waals surface area contributed by atoms with Gasteiger partial charge in [-0.3, -0.25) is 4.79 Å². The number of hydrogen-bond donors (Lipinski definition) is 1. The van der Waals surface area contributed by atoms with Crippen molar-refractivity contribution in [3.8, 4) is 0 Å². The van der Waals surface area contributed by atoms with Gasteiger partial charge in [0.15, 0.2) is 0 Å². The van der Waals surface area contributed by atoms with Crippen molar-refractivity contribution in [2.24, 2.45) is 0 Å². The highest BCUT2D eigenvalue weighted by molar-refractivity contribution is 7.99. The fourth-order valence-electron chi connectivity index (χ4n) is 3.07. The number of benzene rings is 1. The molecular formula is C20H21NO3S2. The SMILES string of the molecule is C=CCSc1ccccc1C(=O)Nc1sc2c(c1C(=O)OC)CCCC2. The summed E-state index contributed by atoms with van der Waals surface area (Å²) in [6, 6.07) is 7.47. The number of anilines is 1. The maximum atomic E-state index is 12.9. The van der Waals surface area contributed by atoms with Crippen LogP contribution in [0.1, 0.15) is 44.0 Å². The van der Waals surface area contributed by atoms with E-state index in [0.29, 0.717) is 16.1 Å². The maximum Gasteiger partial charge on any atom is 0.341 e. The van der Waals surface area contributed by atoms with Crippen molar-refractivity contribution in [2.45, 2.75) is 30.6 Å². The molecule has 4 nitrogen and oxygen atoms in total. The topological polar surface area (TPSA) is 55.4 Å². The number of fused-ring (bicyclic) bond motifs is 1. The number of thiophene rings is 1. The lowest BCUT2D eigenvalue weighted by atomic mass is 9.95. The Hall–Kier alpha value is -2.05. The molecule has 0 radical (unpaired) electrons. The molecule has 0 atom stereocenters. The summed E-state index contributed by atoms with van der Waals surface area (Å²) in [4.78, 5) is 27.3. The van der Waals surface area contributed by atoms with Crippen molar-refractivity contribution in [1.29, 1.82) is 0 Å². The zero-order valence-electron chi connectivity index (χ0n) is 14.7. The lowest BCUT2D eigenvalue weighted by molar-refractivity contribution is 0.0601. The number of methoxy groups -OCH3 is 1. The number of nitrogens with one attached hydrogen (secondary N) is 1. The van der Waals surface area contributed by atoms with Crippen molar-refractivity contribution < 1.29 is 14.3 Å². The molecule has 1 heterocycles. The summed E-state index contributed by atoms with van der Waals surface area (Å²) in [6.07, 6.45) is 5.79. The second-order valence-electron chi connectivity index (χ2n) is 5.96. The predicted octanol–water partition coefficient (Wildman–Crippen LogP) is 4.94. The Balaban J connectivity index is 1.92. The number of rotatable bonds is 6. The standard InChI is InChI=1S/C20H21NO3S2/c1-3-12-25-15-10-6-5-9-14(15)18(22)21-19-17(20(23)24-2)13-8-4-7-11-16(13)26-19/h3,5-6,9-10H,1,4,7-8,11-12H2,2H3,(H,21,22).